The van der Waals surface area contributed by atoms with Crippen LogP contribution in [0.15, 0.2) is 36.9 Å². The lowest BCUT2D eigenvalue weighted by Gasteiger charge is -2.26. The molecule has 0 saturated carbocycles. The SMILES string of the molecule is C=CCNCC1OCCc2ccccc21. The summed E-state index contributed by atoms with van der Waals surface area (Å²) in [4.78, 5) is 0. The minimum Gasteiger partial charge on any atom is -0.372 e. The maximum absolute atomic E-state index is 5.75. The summed E-state index contributed by atoms with van der Waals surface area (Å²) in [5.41, 5.74) is 2.76. The van der Waals surface area contributed by atoms with Crippen LogP contribution < -0.4 is 5.32 Å². The third kappa shape index (κ3) is 2.46. The fourth-order valence-electron chi connectivity index (χ4n) is 1.96. The molecule has 1 unspecified atom stereocenters. The van der Waals surface area contributed by atoms with Gasteiger partial charge in [0.05, 0.1) is 12.7 Å². The molecule has 0 spiro atoms. The van der Waals surface area contributed by atoms with Crippen molar-refractivity contribution in [2.24, 2.45) is 0 Å². The normalized spacial score (nSPS) is 19.6. The molecule has 0 radical (unpaired) electrons. The van der Waals surface area contributed by atoms with E-state index >= 15 is 0 Å². The second-order valence-corrected chi connectivity index (χ2v) is 3.76. The molecule has 2 nitrogen and oxygen atoms in total. The predicted octanol–water partition coefficient (Wildman–Crippen LogP) is 2.08. The molecule has 0 amide bonds. The first kappa shape index (κ1) is 10.4. The van der Waals surface area contributed by atoms with Gasteiger partial charge in [0, 0.05) is 13.1 Å². The van der Waals surface area contributed by atoms with E-state index in [-0.39, 0.29) is 6.10 Å². The van der Waals surface area contributed by atoms with Crippen LogP contribution in [0.5, 0.6) is 0 Å². The zero-order valence-electron chi connectivity index (χ0n) is 8.91. The smallest absolute Gasteiger partial charge is 0.0952 e. The minimum atomic E-state index is 0.204. The molecule has 2 heteroatoms. The van der Waals surface area contributed by atoms with Gasteiger partial charge in [-0.2, -0.15) is 0 Å². The van der Waals surface area contributed by atoms with E-state index in [0.717, 1.165) is 26.1 Å². The molecule has 2 rings (SSSR count). The molecular weight excluding hydrogens is 186 g/mol. The van der Waals surface area contributed by atoms with Gasteiger partial charge in [-0.3, -0.25) is 0 Å². The summed E-state index contributed by atoms with van der Waals surface area (Å²) in [5, 5.41) is 3.30. The predicted molar refractivity (Wildman–Crippen MR) is 61.9 cm³/mol. The van der Waals surface area contributed by atoms with Gasteiger partial charge >= 0.3 is 0 Å². The Morgan fingerprint density at radius 1 is 1.47 bits per heavy atom. The lowest BCUT2D eigenvalue weighted by atomic mass is 9.97. The third-order valence-corrected chi connectivity index (χ3v) is 2.71. The van der Waals surface area contributed by atoms with Crippen molar-refractivity contribution in [2.45, 2.75) is 12.5 Å². The molecule has 1 heterocycles. The summed E-state index contributed by atoms with van der Waals surface area (Å²) in [7, 11) is 0. The van der Waals surface area contributed by atoms with Crippen LogP contribution in [0.2, 0.25) is 0 Å². The number of hydrogen-bond acceptors (Lipinski definition) is 2. The van der Waals surface area contributed by atoms with Gasteiger partial charge < -0.3 is 10.1 Å². The summed E-state index contributed by atoms with van der Waals surface area (Å²) >= 11 is 0. The van der Waals surface area contributed by atoms with Gasteiger partial charge in [0.15, 0.2) is 0 Å². The Labute approximate surface area is 91.0 Å². The highest BCUT2D eigenvalue weighted by molar-refractivity contribution is 5.31. The molecule has 0 fully saturated rings. The van der Waals surface area contributed by atoms with Crippen molar-refractivity contribution in [1.29, 1.82) is 0 Å². The standard InChI is InChI=1S/C13H17NO/c1-2-8-14-10-13-12-6-4-3-5-11(12)7-9-15-13/h2-6,13-14H,1,7-10H2. The van der Waals surface area contributed by atoms with Crippen molar-refractivity contribution in [3.8, 4) is 0 Å². The average molecular weight is 203 g/mol. The summed E-state index contributed by atoms with van der Waals surface area (Å²) in [6.07, 6.45) is 3.11. The molecule has 0 saturated heterocycles. The number of rotatable bonds is 4. The first-order valence-corrected chi connectivity index (χ1v) is 5.43. The highest BCUT2D eigenvalue weighted by Crippen LogP contribution is 2.25. The maximum atomic E-state index is 5.75. The molecule has 15 heavy (non-hydrogen) atoms. The molecule has 0 aliphatic carbocycles. The van der Waals surface area contributed by atoms with Crippen LogP contribution >= 0.6 is 0 Å². The monoisotopic (exact) mass is 203 g/mol. The van der Waals surface area contributed by atoms with E-state index in [2.05, 4.69) is 36.2 Å². The fraction of sp³-hybridized carbons (Fsp3) is 0.385. The third-order valence-electron chi connectivity index (χ3n) is 2.71. The largest absolute Gasteiger partial charge is 0.372 e. The van der Waals surface area contributed by atoms with Crippen LogP contribution in [0, 0.1) is 0 Å². The lowest BCUT2D eigenvalue weighted by molar-refractivity contribution is 0.0432. The van der Waals surface area contributed by atoms with Crippen molar-refractivity contribution in [3.63, 3.8) is 0 Å². The summed E-state index contributed by atoms with van der Waals surface area (Å²) in [6.45, 7) is 6.21. The van der Waals surface area contributed by atoms with Crippen LogP contribution in [-0.4, -0.2) is 19.7 Å². The first-order valence-electron chi connectivity index (χ1n) is 5.43. The van der Waals surface area contributed by atoms with Gasteiger partial charge in [-0.1, -0.05) is 30.3 Å². The molecular formula is C13H17NO. The molecule has 1 aliphatic heterocycles. The van der Waals surface area contributed by atoms with E-state index < -0.39 is 0 Å². The Kier molecular flexibility index (Phi) is 3.54. The number of fused-ring (bicyclic) bond motifs is 1. The molecule has 1 atom stereocenters. The summed E-state index contributed by atoms with van der Waals surface area (Å²) in [5.74, 6) is 0. The average Bonchev–Trinajstić information content (AvgIpc) is 2.30. The van der Waals surface area contributed by atoms with Crippen molar-refractivity contribution < 1.29 is 4.74 Å². The van der Waals surface area contributed by atoms with Gasteiger partial charge in [-0.15, -0.1) is 6.58 Å². The quantitative estimate of drug-likeness (QED) is 0.597. The summed E-state index contributed by atoms with van der Waals surface area (Å²) in [6, 6.07) is 8.53. The second kappa shape index (κ2) is 5.10. The number of benzene rings is 1. The van der Waals surface area contributed by atoms with Gasteiger partial charge in [0.1, 0.15) is 0 Å². The highest BCUT2D eigenvalue weighted by Gasteiger charge is 2.19. The Balaban J connectivity index is 2.05. The Hall–Kier alpha value is -1.12. The molecule has 0 bridgehead atoms. The van der Waals surface area contributed by atoms with E-state index in [4.69, 9.17) is 4.74 Å². The summed E-state index contributed by atoms with van der Waals surface area (Å²) < 4.78 is 5.75. The highest BCUT2D eigenvalue weighted by atomic mass is 16.5. The van der Waals surface area contributed by atoms with Crippen LogP contribution in [0.1, 0.15) is 17.2 Å². The topological polar surface area (TPSA) is 21.3 Å². The molecule has 0 aromatic heterocycles. The van der Waals surface area contributed by atoms with Gasteiger partial charge in [0.2, 0.25) is 0 Å². The van der Waals surface area contributed by atoms with Crippen LogP contribution in [0.4, 0.5) is 0 Å². The fourth-order valence-corrected chi connectivity index (χ4v) is 1.96. The van der Waals surface area contributed by atoms with E-state index in [0.29, 0.717) is 0 Å². The Morgan fingerprint density at radius 2 is 2.33 bits per heavy atom. The van der Waals surface area contributed by atoms with Crippen molar-refractivity contribution in [1.82, 2.24) is 5.32 Å². The second-order valence-electron chi connectivity index (χ2n) is 3.76. The van der Waals surface area contributed by atoms with Crippen molar-refractivity contribution in [2.75, 3.05) is 19.7 Å². The molecule has 1 N–H and O–H groups in total. The maximum Gasteiger partial charge on any atom is 0.0952 e. The zero-order valence-corrected chi connectivity index (χ0v) is 8.91. The van der Waals surface area contributed by atoms with Crippen molar-refractivity contribution >= 4 is 0 Å². The number of nitrogens with one attached hydrogen (secondary N) is 1. The van der Waals surface area contributed by atoms with Crippen LogP contribution in [0.25, 0.3) is 0 Å². The molecule has 1 aromatic carbocycles. The molecule has 1 aromatic rings. The van der Waals surface area contributed by atoms with E-state index in [9.17, 15) is 0 Å². The Bertz CT molecular complexity index is 335. The van der Waals surface area contributed by atoms with E-state index in [1.807, 2.05) is 6.08 Å². The van der Waals surface area contributed by atoms with Crippen molar-refractivity contribution in [3.05, 3.63) is 48.0 Å². The van der Waals surface area contributed by atoms with Gasteiger partial charge in [0.25, 0.3) is 0 Å². The lowest BCUT2D eigenvalue weighted by Crippen LogP contribution is -2.27. The zero-order chi connectivity index (χ0) is 10.5. The van der Waals surface area contributed by atoms with Gasteiger partial charge in [-0.25, -0.2) is 0 Å². The van der Waals surface area contributed by atoms with Crippen LogP contribution in [0.3, 0.4) is 0 Å². The first-order chi connectivity index (χ1) is 7.42. The molecule has 1 aliphatic rings. The van der Waals surface area contributed by atoms with Crippen LogP contribution in [-0.2, 0) is 11.2 Å². The minimum absolute atomic E-state index is 0.204. The van der Waals surface area contributed by atoms with E-state index in [1.165, 1.54) is 11.1 Å². The molecule has 80 valence electrons. The van der Waals surface area contributed by atoms with Gasteiger partial charge in [-0.05, 0) is 17.5 Å². The van der Waals surface area contributed by atoms with E-state index in [1.54, 1.807) is 0 Å². The number of ether oxygens (including phenoxy) is 1. The number of hydrogen-bond donors (Lipinski definition) is 1. The Morgan fingerprint density at radius 3 is 3.20 bits per heavy atom.